The molecule has 0 spiro atoms. The lowest BCUT2D eigenvalue weighted by Gasteiger charge is -2.23. The van der Waals surface area contributed by atoms with Crippen molar-refractivity contribution in [3.8, 4) is 22.6 Å². The third-order valence-electron chi connectivity index (χ3n) is 7.13. The van der Waals surface area contributed by atoms with Crippen molar-refractivity contribution in [2.45, 2.75) is 32.4 Å². The third-order valence-corrected chi connectivity index (χ3v) is 7.35. The SMILES string of the molecule is Cc1cc(Cl)cc(-c2cnc3ncn(-c4cc(O)cc(F)c4)c(=O)c3c2CN(C)C[C@@H]2CC(CC(=O)O)CN2)c1. The first-order chi connectivity index (χ1) is 19.1. The monoisotopic (exact) mass is 565 g/mol. The number of likely N-dealkylation sites (N-methyl/N-ethyl adjacent to an activating group) is 1. The fraction of sp³-hybridized carbons (Fsp3) is 0.310. The van der Waals surface area contributed by atoms with E-state index in [2.05, 4.69) is 20.2 Å². The van der Waals surface area contributed by atoms with Crippen molar-refractivity contribution < 1.29 is 19.4 Å². The highest BCUT2D eigenvalue weighted by atomic mass is 35.5. The fourth-order valence-electron chi connectivity index (χ4n) is 5.49. The number of aromatic nitrogens is 3. The number of aryl methyl sites for hydroxylation is 1. The second-order valence-electron chi connectivity index (χ2n) is 10.5. The average molecular weight is 566 g/mol. The Kier molecular flexibility index (Phi) is 7.84. The lowest BCUT2D eigenvalue weighted by atomic mass is 9.97. The molecule has 0 radical (unpaired) electrons. The summed E-state index contributed by atoms with van der Waals surface area (Å²) < 4.78 is 15.3. The largest absolute Gasteiger partial charge is 0.508 e. The molecule has 0 saturated carbocycles. The minimum Gasteiger partial charge on any atom is -0.508 e. The molecule has 4 aromatic rings. The molecule has 2 atom stereocenters. The van der Waals surface area contributed by atoms with Gasteiger partial charge in [-0.25, -0.2) is 14.4 Å². The Morgan fingerprint density at radius 3 is 2.75 bits per heavy atom. The van der Waals surface area contributed by atoms with Crippen molar-refractivity contribution in [2.24, 2.45) is 5.92 Å². The Labute approximate surface area is 234 Å². The van der Waals surface area contributed by atoms with Crippen LogP contribution in [0, 0.1) is 18.7 Å². The summed E-state index contributed by atoms with van der Waals surface area (Å²) in [5.74, 6) is -1.73. The Balaban J connectivity index is 1.60. The number of hydrogen-bond acceptors (Lipinski definition) is 7. The first-order valence-electron chi connectivity index (χ1n) is 12.9. The Morgan fingerprint density at radius 1 is 1.23 bits per heavy atom. The molecule has 1 fully saturated rings. The lowest BCUT2D eigenvalue weighted by Crippen LogP contribution is -2.35. The van der Waals surface area contributed by atoms with Gasteiger partial charge in [0.2, 0.25) is 0 Å². The highest BCUT2D eigenvalue weighted by Crippen LogP contribution is 2.31. The molecule has 208 valence electrons. The van der Waals surface area contributed by atoms with Gasteiger partial charge in [0.15, 0.2) is 5.65 Å². The molecule has 3 N–H and O–H groups in total. The number of hydrogen-bond donors (Lipinski definition) is 3. The van der Waals surface area contributed by atoms with Gasteiger partial charge in [-0.3, -0.25) is 14.2 Å². The summed E-state index contributed by atoms with van der Waals surface area (Å²) in [6.07, 6.45) is 3.82. The van der Waals surface area contributed by atoms with Crippen molar-refractivity contribution in [3.63, 3.8) is 0 Å². The van der Waals surface area contributed by atoms with Gasteiger partial charge in [0.25, 0.3) is 5.56 Å². The van der Waals surface area contributed by atoms with Crippen molar-refractivity contribution in [2.75, 3.05) is 20.1 Å². The van der Waals surface area contributed by atoms with Crippen LogP contribution in [0.4, 0.5) is 4.39 Å². The van der Waals surface area contributed by atoms with Crippen LogP contribution in [0.3, 0.4) is 0 Å². The number of phenolic OH excluding ortho intramolecular Hbond substituents is 1. The van der Waals surface area contributed by atoms with Gasteiger partial charge in [0.1, 0.15) is 17.9 Å². The van der Waals surface area contributed by atoms with Crippen LogP contribution >= 0.6 is 11.6 Å². The summed E-state index contributed by atoms with van der Waals surface area (Å²) in [4.78, 5) is 36.0. The Morgan fingerprint density at radius 2 is 2.02 bits per heavy atom. The second-order valence-corrected chi connectivity index (χ2v) is 10.9. The van der Waals surface area contributed by atoms with Gasteiger partial charge in [0.05, 0.1) is 11.1 Å². The number of phenols is 1. The van der Waals surface area contributed by atoms with Crippen LogP contribution in [-0.4, -0.2) is 61.8 Å². The fourth-order valence-corrected chi connectivity index (χ4v) is 5.78. The van der Waals surface area contributed by atoms with E-state index >= 15 is 0 Å². The highest BCUT2D eigenvalue weighted by molar-refractivity contribution is 6.31. The van der Waals surface area contributed by atoms with Crippen molar-refractivity contribution >= 4 is 28.6 Å². The first kappa shape index (κ1) is 27.7. The molecule has 3 heterocycles. The minimum atomic E-state index is -0.805. The van der Waals surface area contributed by atoms with Gasteiger partial charge >= 0.3 is 5.97 Å². The van der Waals surface area contributed by atoms with E-state index in [0.29, 0.717) is 35.8 Å². The third kappa shape index (κ3) is 5.99. The molecular formula is C29H29ClFN5O4. The van der Waals surface area contributed by atoms with Crippen LogP contribution < -0.4 is 10.9 Å². The van der Waals surface area contributed by atoms with Gasteiger partial charge in [-0.05, 0) is 67.7 Å². The summed E-state index contributed by atoms with van der Waals surface area (Å²) in [7, 11) is 1.94. The number of pyridine rings is 1. The van der Waals surface area contributed by atoms with Gasteiger partial charge in [-0.1, -0.05) is 17.7 Å². The molecule has 0 aliphatic carbocycles. The van der Waals surface area contributed by atoms with Crippen LogP contribution in [0.2, 0.25) is 5.02 Å². The predicted octanol–water partition coefficient (Wildman–Crippen LogP) is 4.14. The smallest absolute Gasteiger partial charge is 0.303 e. The van der Waals surface area contributed by atoms with E-state index in [1.54, 1.807) is 6.20 Å². The van der Waals surface area contributed by atoms with Crippen LogP contribution in [0.1, 0.15) is 24.0 Å². The number of nitrogens with zero attached hydrogens (tertiary/aromatic N) is 4. The van der Waals surface area contributed by atoms with Crippen LogP contribution in [-0.2, 0) is 11.3 Å². The van der Waals surface area contributed by atoms with Gasteiger partial charge < -0.3 is 20.4 Å². The molecule has 5 rings (SSSR count). The number of fused-ring (bicyclic) bond motifs is 1. The molecule has 2 aromatic heterocycles. The summed E-state index contributed by atoms with van der Waals surface area (Å²) >= 11 is 6.39. The number of carboxylic acids is 1. The normalized spacial score (nSPS) is 17.1. The van der Waals surface area contributed by atoms with Crippen LogP contribution in [0.15, 0.2) is 53.7 Å². The highest BCUT2D eigenvalue weighted by Gasteiger charge is 2.27. The molecule has 1 aliphatic heterocycles. The van der Waals surface area contributed by atoms with Crippen molar-refractivity contribution in [3.05, 3.63) is 81.2 Å². The molecule has 11 heteroatoms. The maximum Gasteiger partial charge on any atom is 0.303 e. The van der Waals surface area contributed by atoms with Crippen LogP contribution in [0.25, 0.3) is 27.8 Å². The van der Waals surface area contributed by atoms with Crippen molar-refractivity contribution in [1.29, 1.82) is 0 Å². The number of carbonyl (C=O) groups is 1. The van der Waals surface area contributed by atoms with Crippen molar-refractivity contribution in [1.82, 2.24) is 24.8 Å². The number of benzene rings is 2. The van der Waals surface area contributed by atoms with E-state index in [9.17, 15) is 19.1 Å². The molecule has 2 aromatic carbocycles. The number of aromatic hydroxyl groups is 1. The maximum atomic E-state index is 14.1. The van der Waals surface area contributed by atoms with E-state index in [4.69, 9.17) is 16.7 Å². The number of carboxylic acid groups (broad SMARTS) is 1. The van der Waals surface area contributed by atoms with E-state index in [1.165, 1.54) is 17.0 Å². The molecule has 40 heavy (non-hydrogen) atoms. The summed E-state index contributed by atoms with van der Waals surface area (Å²) in [5.41, 5.74) is 3.07. The molecule has 1 saturated heterocycles. The quantitative estimate of drug-likeness (QED) is 0.291. The maximum absolute atomic E-state index is 14.1. The standard InChI is InChI=1S/C29H29ClFN5O4/c1-16-3-18(7-19(30)4-16)24-12-33-28-27(29(40)36(15-34-28)22-8-20(31)9-23(37)10-22)25(24)14-35(2)13-21-5-17(11-32-21)6-26(38)39/h3-4,7-10,12,15,17,21,32,37H,5-6,11,13-14H2,1-2H3,(H,38,39)/t17?,21-/m0/s1. The second kappa shape index (κ2) is 11.3. The number of nitrogens with one attached hydrogen (secondary N) is 1. The van der Waals surface area contributed by atoms with E-state index < -0.39 is 17.3 Å². The molecule has 1 unspecified atom stereocenters. The summed E-state index contributed by atoms with van der Waals surface area (Å²) in [5, 5.41) is 23.3. The van der Waals surface area contributed by atoms with Gasteiger partial charge in [-0.15, -0.1) is 0 Å². The van der Waals surface area contributed by atoms with E-state index in [1.807, 2.05) is 32.2 Å². The summed E-state index contributed by atoms with van der Waals surface area (Å²) in [6, 6.07) is 9.13. The van der Waals surface area contributed by atoms with E-state index in [-0.39, 0.29) is 40.9 Å². The molecular weight excluding hydrogens is 537 g/mol. The first-order valence-corrected chi connectivity index (χ1v) is 13.3. The lowest BCUT2D eigenvalue weighted by molar-refractivity contribution is -0.137. The zero-order valence-corrected chi connectivity index (χ0v) is 22.8. The zero-order valence-electron chi connectivity index (χ0n) is 22.1. The average Bonchev–Trinajstić information content (AvgIpc) is 3.28. The minimum absolute atomic E-state index is 0.0711. The predicted molar refractivity (Wildman–Crippen MR) is 150 cm³/mol. The number of aliphatic carboxylic acids is 1. The molecule has 0 bridgehead atoms. The molecule has 0 amide bonds. The van der Waals surface area contributed by atoms with E-state index in [0.717, 1.165) is 29.7 Å². The zero-order chi connectivity index (χ0) is 28.6. The molecule has 9 nitrogen and oxygen atoms in total. The Hall–Kier alpha value is -3.86. The van der Waals surface area contributed by atoms with Gasteiger partial charge in [-0.2, -0.15) is 0 Å². The Bertz CT molecular complexity index is 1610. The topological polar surface area (TPSA) is 121 Å². The van der Waals surface area contributed by atoms with Crippen LogP contribution in [0.5, 0.6) is 5.75 Å². The number of halogens is 2. The number of rotatable bonds is 8. The summed E-state index contributed by atoms with van der Waals surface area (Å²) in [6.45, 7) is 3.56. The molecule has 1 aliphatic rings. The van der Waals surface area contributed by atoms with Gasteiger partial charge in [0, 0.05) is 54.5 Å².